The van der Waals surface area contributed by atoms with Crippen LogP contribution in [0.3, 0.4) is 0 Å². The largest absolute Gasteiger partial charge is 0.312 e. The molecule has 1 aromatic carbocycles. The molecule has 0 bridgehead atoms. The summed E-state index contributed by atoms with van der Waals surface area (Å²) in [4.78, 5) is 13.5. The molecule has 15 heavy (non-hydrogen) atoms. The van der Waals surface area contributed by atoms with E-state index >= 15 is 0 Å². The number of anilines is 1. The highest BCUT2D eigenvalue weighted by molar-refractivity contribution is 5.94. The SMILES string of the molecule is CCN(C(=O)CNC)c1ccc(C)cc1. The van der Waals surface area contributed by atoms with E-state index in [1.165, 1.54) is 5.56 Å². The second-order valence-corrected chi connectivity index (χ2v) is 3.50. The topological polar surface area (TPSA) is 32.3 Å². The Morgan fingerprint density at radius 3 is 2.40 bits per heavy atom. The number of rotatable bonds is 4. The van der Waals surface area contributed by atoms with Crippen molar-refractivity contribution in [1.29, 1.82) is 0 Å². The first-order valence-corrected chi connectivity index (χ1v) is 5.20. The average molecular weight is 206 g/mol. The van der Waals surface area contributed by atoms with Crippen LogP contribution in [0, 0.1) is 6.92 Å². The molecule has 0 radical (unpaired) electrons. The van der Waals surface area contributed by atoms with Gasteiger partial charge >= 0.3 is 0 Å². The summed E-state index contributed by atoms with van der Waals surface area (Å²) < 4.78 is 0. The third kappa shape index (κ3) is 3.06. The summed E-state index contributed by atoms with van der Waals surface area (Å²) in [5.41, 5.74) is 2.17. The van der Waals surface area contributed by atoms with E-state index in [0.717, 1.165) is 5.69 Å². The smallest absolute Gasteiger partial charge is 0.240 e. The highest BCUT2D eigenvalue weighted by Crippen LogP contribution is 2.14. The van der Waals surface area contributed by atoms with Gasteiger partial charge in [0, 0.05) is 12.2 Å². The molecule has 3 heteroatoms. The van der Waals surface area contributed by atoms with E-state index in [0.29, 0.717) is 13.1 Å². The number of hydrogen-bond acceptors (Lipinski definition) is 2. The van der Waals surface area contributed by atoms with Crippen LogP contribution in [0.2, 0.25) is 0 Å². The first-order chi connectivity index (χ1) is 7.19. The highest BCUT2D eigenvalue weighted by Gasteiger charge is 2.11. The van der Waals surface area contributed by atoms with Crippen molar-refractivity contribution in [3.05, 3.63) is 29.8 Å². The number of nitrogens with zero attached hydrogens (tertiary/aromatic N) is 1. The summed E-state index contributed by atoms with van der Waals surface area (Å²) in [7, 11) is 1.78. The maximum absolute atomic E-state index is 11.7. The lowest BCUT2D eigenvalue weighted by molar-refractivity contribution is -0.117. The van der Waals surface area contributed by atoms with Crippen LogP contribution in [-0.4, -0.2) is 26.0 Å². The van der Waals surface area contributed by atoms with Crippen LogP contribution in [0.5, 0.6) is 0 Å². The maximum atomic E-state index is 11.7. The van der Waals surface area contributed by atoms with Gasteiger partial charge in [-0.1, -0.05) is 17.7 Å². The fourth-order valence-corrected chi connectivity index (χ4v) is 1.47. The molecule has 0 heterocycles. The summed E-state index contributed by atoms with van der Waals surface area (Å²) in [5, 5.41) is 2.87. The minimum absolute atomic E-state index is 0.101. The first kappa shape index (κ1) is 11.7. The highest BCUT2D eigenvalue weighted by atomic mass is 16.2. The molecule has 82 valence electrons. The number of likely N-dealkylation sites (N-methyl/N-ethyl adjacent to an activating group) is 2. The van der Waals surface area contributed by atoms with Crippen LogP contribution in [0.15, 0.2) is 24.3 Å². The van der Waals surface area contributed by atoms with Crippen molar-refractivity contribution >= 4 is 11.6 Å². The lowest BCUT2D eigenvalue weighted by Gasteiger charge is -2.21. The Balaban J connectivity index is 2.82. The van der Waals surface area contributed by atoms with Gasteiger partial charge in [-0.3, -0.25) is 4.79 Å². The molecule has 1 N–H and O–H groups in total. The normalized spacial score (nSPS) is 10.1. The number of nitrogens with one attached hydrogen (secondary N) is 1. The van der Waals surface area contributed by atoms with Gasteiger partial charge in [0.25, 0.3) is 0 Å². The number of aryl methyl sites for hydroxylation is 1. The van der Waals surface area contributed by atoms with Gasteiger partial charge < -0.3 is 10.2 Å². The van der Waals surface area contributed by atoms with E-state index in [1.54, 1.807) is 11.9 Å². The van der Waals surface area contributed by atoms with E-state index in [2.05, 4.69) is 5.32 Å². The zero-order chi connectivity index (χ0) is 11.3. The molecule has 3 nitrogen and oxygen atoms in total. The number of benzene rings is 1. The van der Waals surface area contributed by atoms with Crippen molar-refractivity contribution in [2.24, 2.45) is 0 Å². The number of hydrogen-bond donors (Lipinski definition) is 1. The standard InChI is InChI=1S/C12H18N2O/c1-4-14(12(15)9-13-3)11-7-5-10(2)6-8-11/h5-8,13H,4,9H2,1-3H3. The molecule has 1 amide bonds. The Morgan fingerprint density at radius 2 is 1.93 bits per heavy atom. The molecule has 0 atom stereocenters. The number of carbonyl (C=O) groups is 1. The van der Waals surface area contributed by atoms with Gasteiger partial charge in [-0.2, -0.15) is 0 Å². The van der Waals surface area contributed by atoms with Crippen LogP contribution in [0.1, 0.15) is 12.5 Å². The fourth-order valence-electron chi connectivity index (χ4n) is 1.47. The molecule has 0 saturated carbocycles. The van der Waals surface area contributed by atoms with Crippen molar-refractivity contribution in [2.45, 2.75) is 13.8 Å². The van der Waals surface area contributed by atoms with Gasteiger partial charge in [0.1, 0.15) is 0 Å². The lowest BCUT2D eigenvalue weighted by Crippen LogP contribution is -2.37. The third-order valence-corrected chi connectivity index (χ3v) is 2.29. The molecular formula is C12H18N2O. The van der Waals surface area contributed by atoms with Gasteiger partial charge in [-0.15, -0.1) is 0 Å². The molecule has 0 saturated heterocycles. The predicted octanol–water partition coefficient (Wildman–Crippen LogP) is 1.57. The zero-order valence-electron chi connectivity index (χ0n) is 9.58. The Labute approximate surface area is 91.1 Å². The second kappa shape index (κ2) is 5.51. The van der Waals surface area contributed by atoms with Gasteiger partial charge in [0.15, 0.2) is 0 Å². The summed E-state index contributed by atoms with van der Waals surface area (Å²) in [6.07, 6.45) is 0. The molecule has 1 aromatic rings. The molecule has 1 rings (SSSR count). The van der Waals surface area contributed by atoms with E-state index in [-0.39, 0.29) is 5.91 Å². The number of amides is 1. The van der Waals surface area contributed by atoms with Gasteiger partial charge in [-0.05, 0) is 33.0 Å². The van der Waals surface area contributed by atoms with Gasteiger partial charge in [-0.25, -0.2) is 0 Å². The summed E-state index contributed by atoms with van der Waals surface area (Å²) >= 11 is 0. The van der Waals surface area contributed by atoms with Crippen LogP contribution < -0.4 is 10.2 Å². The van der Waals surface area contributed by atoms with Gasteiger partial charge in [0.2, 0.25) is 5.91 Å². The molecule has 0 aromatic heterocycles. The average Bonchev–Trinajstić information content (AvgIpc) is 2.22. The Kier molecular flexibility index (Phi) is 4.31. The van der Waals surface area contributed by atoms with E-state index in [1.807, 2.05) is 38.1 Å². The second-order valence-electron chi connectivity index (χ2n) is 3.50. The van der Waals surface area contributed by atoms with Crippen LogP contribution >= 0.6 is 0 Å². The lowest BCUT2D eigenvalue weighted by atomic mass is 10.2. The monoisotopic (exact) mass is 206 g/mol. The molecule has 0 aliphatic heterocycles. The maximum Gasteiger partial charge on any atom is 0.240 e. The molecule has 0 fully saturated rings. The number of carbonyl (C=O) groups excluding carboxylic acids is 1. The van der Waals surface area contributed by atoms with Crippen molar-refractivity contribution in [3.63, 3.8) is 0 Å². The minimum atomic E-state index is 0.101. The summed E-state index contributed by atoms with van der Waals surface area (Å²) in [5.74, 6) is 0.101. The van der Waals surface area contributed by atoms with E-state index in [4.69, 9.17) is 0 Å². The first-order valence-electron chi connectivity index (χ1n) is 5.20. The molecule has 0 spiro atoms. The van der Waals surface area contributed by atoms with Crippen LogP contribution in [0.25, 0.3) is 0 Å². The van der Waals surface area contributed by atoms with E-state index < -0.39 is 0 Å². The van der Waals surface area contributed by atoms with Crippen molar-refractivity contribution in [2.75, 3.05) is 25.0 Å². The summed E-state index contributed by atoms with van der Waals surface area (Å²) in [6, 6.07) is 7.99. The van der Waals surface area contributed by atoms with Crippen LogP contribution in [0.4, 0.5) is 5.69 Å². The predicted molar refractivity (Wildman–Crippen MR) is 63.1 cm³/mol. The quantitative estimate of drug-likeness (QED) is 0.811. The van der Waals surface area contributed by atoms with Crippen molar-refractivity contribution < 1.29 is 4.79 Å². The molecule has 0 aliphatic rings. The Morgan fingerprint density at radius 1 is 1.33 bits per heavy atom. The third-order valence-electron chi connectivity index (χ3n) is 2.29. The van der Waals surface area contributed by atoms with Crippen molar-refractivity contribution in [3.8, 4) is 0 Å². The van der Waals surface area contributed by atoms with Crippen molar-refractivity contribution in [1.82, 2.24) is 5.32 Å². The summed E-state index contributed by atoms with van der Waals surface area (Å²) in [6.45, 7) is 5.09. The molecule has 0 unspecified atom stereocenters. The fraction of sp³-hybridized carbons (Fsp3) is 0.417. The molecular weight excluding hydrogens is 188 g/mol. The van der Waals surface area contributed by atoms with E-state index in [9.17, 15) is 4.79 Å². The Hall–Kier alpha value is -1.35. The zero-order valence-corrected chi connectivity index (χ0v) is 9.58. The van der Waals surface area contributed by atoms with Gasteiger partial charge in [0.05, 0.1) is 6.54 Å². The Bertz CT molecular complexity index is 319. The minimum Gasteiger partial charge on any atom is -0.312 e. The van der Waals surface area contributed by atoms with Crippen LogP contribution in [-0.2, 0) is 4.79 Å². The molecule has 0 aliphatic carbocycles.